The summed E-state index contributed by atoms with van der Waals surface area (Å²) in [6.07, 6.45) is 3.19. The number of benzene rings is 1. The predicted octanol–water partition coefficient (Wildman–Crippen LogP) is 2.67. The van der Waals surface area contributed by atoms with Crippen LogP contribution >= 0.6 is 0 Å². The van der Waals surface area contributed by atoms with Gasteiger partial charge in [0.05, 0.1) is 0 Å². The number of anilines is 2. The summed E-state index contributed by atoms with van der Waals surface area (Å²) in [6.45, 7) is 6.30. The van der Waals surface area contributed by atoms with E-state index >= 15 is 0 Å². The van der Waals surface area contributed by atoms with E-state index in [0.29, 0.717) is 0 Å². The molecule has 2 heteroatoms. The second-order valence-corrected chi connectivity index (χ2v) is 3.75. The number of aryl methyl sites for hydroxylation is 1. The summed E-state index contributed by atoms with van der Waals surface area (Å²) in [5.74, 6) is 0. The maximum absolute atomic E-state index is 6.05. The molecule has 1 aromatic rings. The van der Waals surface area contributed by atoms with Crippen molar-refractivity contribution in [3.8, 4) is 0 Å². The summed E-state index contributed by atoms with van der Waals surface area (Å²) >= 11 is 0. The van der Waals surface area contributed by atoms with Crippen molar-refractivity contribution in [2.45, 2.75) is 40.0 Å². The first-order chi connectivity index (χ1) is 6.61. The number of nitrogens with two attached hydrogens (primary N) is 2. The Morgan fingerprint density at radius 1 is 1.21 bits per heavy atom. The molecule has 0 aliphatic carbocycles. The van der Waals surface area contributed by atoms with E-state index < -0.39 is 0 Å². The fraction of sp³-hybridized carbons (Fsp3) is 0.500. The number of hydrogen-bond acceptors (Lipinski definition) is 2. The lowest BCUT2D eigenvalue weighted by atomic mass is 9.95. The minimum Gasteiger partial charge on any atom is -0.398 e. The van der Waals surface area contributed by atoms with Crippen molar-refractivity contribution in [1.29, 1.82) is 0 Å². The van der Waals surface area contributed by atoms with Gasteiger partial charge in [-0.3, -0.25) is 0 Å². The summed E-state index contributed by atoms with van der Waals surface area (Å²) in [5, 5.41) is 0. The van der Waals surface area contributed by atoms with Gasteiger partial charge in [0.1, 0.15) is 0 Å². The van der Waals surface area contributed by atoms with Gasteiger partial charge in [-0.1, -0.05) is 20.3 Å². The smallest absolute Gasteiger partial charge is 0.0399 e. The highest BCUT2D eigenvalue weighted by molar-refractivity contribution is 5.67. The molecule has 0 saturated carbocycles. The van der Waals surface area contributed by atoms with Crippen LogP contribution in [0, 0.1) is 6.92 Å². The molecule has 0 aliphatic rings. The zero-order chi connectivity index (χ0) is 10.7. The molecule has 0 radical (unpaired) electrons. The van der Waals surface area contributed by atoms with Crippen molar-refractivity contribution in [3.05, 3.63) is 22.8 Å². The standard InChI is InChI=1S/C12H20N2/c1-4-6-9-7-11(13)8(3)12(14)10(9)5-2/h7H,4-6,13-14H2,1-3H3. The fourth-order valence-corrected chi connectivity index (χ4v) is 1.85. The van der Waals surface area contributed by atoms with E-state index in [1.54, 1.807) is 0 Å². The molecule has 14 heavy (non-hydrogen) atoms. The summed E-state index contributed by atoms with van der Waals surface area (Å²) in [4.78, 5) is 0. The average Bonchev–Trinajstić information content (AvgIpc) is 2.16. The SMILES string of the molecule is CCCc1cc(N)c(C)c(N)c1CC. The van der Waals surface area contributed by atoms with Gasteiger partial charge in [-0.05, 0) is 42.5 Å². The van der Waals surface area contributed by atoms with Gasteiger partial charge in [-0.15, -0.1) is 0 Å². The second kappa shape index (κ2) is 4.36. The van der Waals surface area contributed by atoms with Crippen molar-refractivity contribution in [2.24, 2.45) is 0 Å². The molecule has 0 heterocycles. The zero-order valence-electron chi connectivity index (χ0n) is 9.35. The van der Waals surface area contributed by atoms with E-state index in [1.165, 1.54) is 11.1 Å². The third-order valence-corrected chi connectivity index (χ3v) is 2.75. The van der Waals surface area contributed by atoms with Crippen molar-refractivity contribution < 1.29 is 0 Å². The van der Waals surface area contributed by atoms with Crippen LogP contribution in [0.25, 0.3) is 0 Å². The first-order valence-corrected chi connectivity index (χ1v) is 5.28. The Morgan fingerprint density at radius 2 is 1.86 bits per heavy atom. The predicted molar refractivity (Wildman–Crippen MR) is 63.4 cm³/mol. The molecule has 4 N–H and O–H groups in total. The Bertz CT molecular complexity index is 330. The van der Waals surface area contributed by atoms with Crippen LogP contribution in [-0.2, 0) is 12.8 Å². The maximum Gasteiger partial charge on any atom is 0.0399 e. The molecule has 0 bridgehead atoms. The lowest BCUT2D eigenvalue weighted by Crippen LogP contribution is -2.05. The molecule has 0 aromatic heterocycles. The molecule has 0 fully saturated rings. The van der Waals surface area contributed by atoms with E-state index in [4.69, 9.17) is 11.5 Å². The molecule has 0 saturated heterocycles. The molecular weight excluding hydrogens is 172 g/mol. The summed E-state index contributed by atoms with van der Waals surface area (Å²) in [7, 11) is 0. The lowest BCUT2D eigenvalue weighted by molar-refractivity contribution is 0.900. The van der Waals surface area contributed by atoms with E-state index in [9.17, 15) is 0 Å². The Balaban J connectivity index is 3.28. The first-order valence-electron chi connectivity index (χ1n) is 5.28. The summed E-state index contributed by atoms with van der Waals surface area (Å²) < 4.78 is 0. The van der Waals surface area contributed by atoms with Crippen LogP contribution in [0.4, 0.5) is 11.4 Å². The quantitative estimate of drug-likeness (QED) is 0.723. The minimum atomic E-state index is 0.822. The summed E-state index contributed by atoms with van der Waals surface area (Å²) in [6, 6.07) is 2.08. The number of rotatable bonds is 3. The molecule has 1 aromatic carbocycles. The third kappa shape index (κ3) is 1.84. The van der Waals surface area contributed by atoms with Gasteiger partial charge in [-0.2, -0.15) is 0 Å². The first kappa shape index (κ1) is 10.9. The van der Waals surface area contributed by atoms with Crippen LogP contribution in [0.1, 0.15) is 37.0 Å². The lowest BCUT2D eigenvalue weighted by Gasteiger charge is -2.14. The summed E-state index contributed by atoms with van der Waals surface area (Å²) in [5.41, 5.74) is 17.3. The monoisotopic (exact) mass is 192 g/mol. The van der Waals surface area contributed by atoms with Crippen LogP contribution in [0.15, 0.2) is 6.07 Å². The highest BCUT2D eigenvalue weighted by Gasteiger charge is 2.09. The van der Waals surface area contributed by atoms with Gasteiger partial charge in [0.25, 0.3) is 0 Å². The molecule has 0 amide bonds. The maximum atomic E-state index is 6.05. The van der Waals surface area contributed by atoms with Crippen LogP contribution in [-0.4, -0.2) is 0 Å². The Hall–Kier alpha value is -1.18. The van der Waals surface area contributed by atoms with Gasteiger partial charge in [0.15, 0.2) is 0 Å². The normalized spacial score (nSPS) is 10.5. The topological polar surface area (TPSA) is 52.0 Å². The molecular formula is C12H20N2. The van der Waals surface area contributed by atoms with E-state index in [2.05, 4.69) is 19.9 Å². The number of nitrogen functional groups attached to an aromatic ring is 2. The minimum absolute atomic E-state index is 0.822. The molecule has 78 valence electrons. The van der Waals surface area contributed by atoms with Crippen molar-refractivity contribution in [1.82, 2.24) is 0 Å². The molecule has 0 atom stereocenters. The highest BCUT2D eigenvalue weighted by atomic mass is 14.6. The molecule has 2 nitrogen and oxygen atoms in total. The zero-order valence-corrected chi connectivity index (χ0v) is 9.35. The Labute approximate surface area is 86.3 Å². The highest BCUT2D eigenvalue weighted by Crippen LogP contribution is 2.28. The van der Waals surface area contributed by atoms with Gasteiger partial charge in [-0.25, -0.2) is 0 Å². The van der Waals surface area contributed by atoms with Crippen molar-refractivity contribution >= 4 is 11.4 Å². The second-order valence-electron chi connectivity index (χ2n) is 3.75. The van der Waals surface area contributed by atoms with Crippen LogP contribution in [0.3, 0.4) is 0 Å². The van der Waals surface area contributed by atoms with Crippen LogP contribution in [0.5, 0.6) is 0 Å². The average molecular weight is 192 g/mol. The van der Waals surface area contributed by atoms with Crippen molar-refractivity contribution in [3.63, 3.8) is 0 Å². The van der Waals surface area contributed by atoms with Gasteiger partial charge in [0.2, 0.25) is 0 Å². The fourth-order valence-electron chi connectivity index (χ4n) is 1.85. The van der Waals surface area contributed by atoms with Gasteiger partial charge in [0, 0.05) is 11.4 Å². The van der Waals surface area contributed by atoms with Gasteiger partial charge >= 0.3 is 0 Å². The van der Waals surface area contributed by atoms with Crippen molar-refractivity contribution in [2.75, 3.05) is 11.5 Å². The number of hydrogen-bond donors (Lipinski definition) is 2. The largest absolute Gasteiger partial charge is 0.398 e. The van der Waals surface area contributed by atoms with E-state index in [1.807, 2.05) is 6.92 Å². The Kier molecular flexibility index (Phi) is 3.39. The molecule has 0 aliphatic heterocycles. The van der Waals surface area contributed by atoms with E-state index in [0.717, 1.165) is 36.2 Å². The third-order valence-electron chi connectivity index (χ3n) is 2.75. The Morgan fingerprint density at radius 3 is 2.36 bits per heavy atom. The molecule has 0 spiro atoms. The molecule has 1 rings (SSSR count). The van der Waals surface area contributed by atoms with Crippen LogP contribution in [0.2, 0.25) is 0 Å². The van der Waals surface area contributed by atoms with Crippen LogP contribution < -0.4 is 11.5 Å². The van der Waals surface area contributed by atoms with E-state index in [-0.39, 0.29) is 0 Å². The molecule has 0 unspecified atom stereocenters. The van der Waals surface area contributed by atoms with Gasteiger partial charge < -0.3 is 11.5 Å².